The topological polar surface area (TPSA) is 59.8 Å². The Morgan fingerprint density at radius 3 is 3.00 bits per heavy atom. The quantitative estimate of drug-likeness (QED) is 0.910. The molecule has 3 rings (SSSR count). The van der Waals surface area contributed by atoms with Gasteiger partial charge < -0.3 is 9.88 Å². The Bertz CT molecular complexity index is 603. The van der Waals surface area contributed by atoms with Crippen molar-refractivity contribution in [2.45, 2.75) is 31.7 Å². The fourth-order valence-corrected chi connectivity index (χ4v) is 2.70. The number of hydrogen-bond acceptors (Lipinski definition) is 5. The summed E-state index contributed by atoms with van der Waals surface area (Å²) < 4.78 is 1.78. The lowest BCUT2D eigenvalue weighted by atomic mass is 10.2. The van der Waals surface area contributed by atoms with Gasteiger partial charge in [0.15, 0.2) is 5.82 Å². The van der Waals surface area contributed by atoms with E-state index in [1.165, 1.54) is 0 Å². The van der Waals surface area contributed by atoms with Gasteiger partial charge in [-0.2, -0.15) is 0 Å². The summed E-state index contributed by atoms with van der Waals surface area (Å²) in [5.74, 6) is 0.716. The van der Waals surface area contributed by atoms with Crippen molar-refractivity contribution >= 4 is 17.2 Å². The number of thiazole rings is 1. The zero-order valence-electron chi connectivity index (χ0n) is 10.7. The minimum atomic E-state index is -0.0173. The molecule has 1 aliphatic rings. The fraction of sp³-hybridized carbons (Fsp3) is 0.462. The van der Waals surface area contributed by atoms with Crippen LogP contribution in [0.25, 0.3) is 0 Å². The van der Waals surface area contributed by atoms with Gasteiger partial charge in [0.25, 0.3) is 5.56 Å². The first-order valence-corrected chi connectivity index (χ1v) is 7.34. The summed E-state index contributed by atoms with van der Waals surface area (Å²) in [5, 5.41) is 6.19. The molecular weight excluding hydrogens is 260 g/mol. The van der Waals surface area contributed by atoms with E-state index < -0.39 is 0 Å². The maximum atomic E-state index is 12.2. The Kier molecular flexibility index (Phi) is 3.33. The summed E-state index contributed by atoms with van der Waals surface area (Å²) in [6.45, 7) is 2.76. The third-order valence-electron chi connectivity index (χ3n) is 3.26. The largest absolute Gasteiger partial charge is 0.365 e. The molecule has 6 heteroatoms. The highest BCUT2D eigenvalue weighted by Gasteiger charge is 2.25. The first kappa shape index (κ1) is 12.3. The Balaban J connectivity index is 1.70. The zero-order chi connectivity index (χ0) is 13.2. The van der Waals surface area contributed by atoms with Crippen molar-refractivity contribution in [1.82, 2.24) is 14.5 Å². The van der Waals surface area contributed by atoms with Crippen molar-refractivity contribution in [2.24, 2.45) is 0 Å². The standard InChI is InChI=1S/C13H16N4OS/c1-9(12-15-5-7-19-12)8-16-11-13(18)17(6-4-14-11)10-2-3-10/h4-7,9-10H,2-3,8H2,1H3,(H,14,16). The van der Waals surface area contributed by atoms with Crippen LogP contribution in [-0.4, -0.2) is 21.1 Å². The number of anilines is 1. The molecule has 2 aromatic rings. The average Bonchev–Trinajstić information content (AvgIpc) is 3.11. The summed E-state index contributed by atoms with van der Waals surface area (Å²) >= 11 is 1.63. The Hall–Kier alpha value is -1.69. The minimum Gasteiger partial charge on any atom is -0.365 e. The van der Waals surface area contributed by atoms with E-state index in [0.717, 1.165) is 17.8 Å². The number of aromatic nitrogens is 3. The molecule has 1 N–H and O–H groups in total. The van der Waals surface area contributed by atoms with Crippen LogP contribution in [-0.2, 0) is 0 Å². The van der Waals surface area contributed by atoms with Gasteiger partial charge in [-0.25, -0.2) is 9.97 Å². The molecule has 2 heterocycles. The number of nitrogens with one attached hydrogen (secondary N) is 1. The van der Waals surface area contributed by atoms with Crippen LogP contribution in [0.5, 0.6) is 0 Å². The molecule has 5 nitrogen and oxygen atoms in total. The van der Waals surface area contributed by atoms with Crippen molar-refractivity contribution in [1.29, 1.82) is 0 Å². The minimum absolute atomic E-state index is 0.0173. The lowest BCUT2D eigenvalue weighted by Gasteiger charge is -2.11. The molecule has 0 aliphatic heterocycles. The van der Waals surface area contributed by atoms with E-state index in [1.807, 2.05) is 5.38 Å². The van der Waals surface area contributed by atoms with E-state index in [-0.39, 0.29) is 11.5 Å². The van der Waals surface area contributed by atoms with Gasteiger partial charge in [-0.15, -0.1) is 11.3 Å². The lowest BCUT2D eigenvalue weighted by molar-refractivity contribution is 0.696. The third-order valence-corrected chi connectivity index (χ3v) is 4.26. The predicted molar refractivity (Wildman–Crippen MR) is 75.8 cm³/mol. The lowest BCUT2D eigenvalue weighted by Crippen LogP contribution is -2.25. The molecular formula is C13H16N4OS. The summed E-state index contributed by atoms with van der Waals surface area (Å²) in [6, 6.07) is 0.382. The molecule has 0 spiro atoms. The highest BCUT2D eigenvalue weighted by molar-refractivity contribution is 7.09. The summed E-state index contributed by atoms with van der Waals surface area (Å²) in [6.07, 6.45) is 7.46. The number of nitrogens with zero attached hydrogens (tertiary/aromatic N) is 3. The first-order valence-electron chi connectivity index (χ1n) is 6.46. The van der Waals surface area contributed by atoms with Crippen LogP contribution in [0.1, 0.15) is 36.7 Å². The molecule has 1 atom stereocenters. The normalized spacial score (nSPS) is 16.3. The molecule has 1 saturated carbocycles. The maximum Gasteiger partial charge on any atom is 0.293 e. The van der Waals surface area contributed by atoms with E-state index in [1.54, 1.807) is 34.5 Å². The van der Waals surface area contributed by atoms with Gasteiger partial charge in [0.05, 0.1) is 5.01 Å². The van der Waals surface area contributed by atoms with Crippen LogP contribution >= 0.6 is 11.3 Å². The number of rotatable bonds is 5. The molecule has 1 unspecified atom stereocenters. The van der Waals surface area contributed by atoms with Gasteiger partial charge >= 0.3 is 0 Å². The second kappa shape index (κ2) is 5.13. The molecule has 1 aliphatic carbocycles. The predicted octanol–water partition coefficient (Wildman–Crippen LogP) is 2.25. The molecule has 19 heavy (non-hydrogen) atoms. The zero-order valence-corrected chi connectivity index (χ0v) is 11.6. The first-order chi connectivity index (χ1) is 9.25. The van der Waals surface area contributed by atoms with Gasteiger partial charge in [-0.05, 0) is 12.8 Å². The highest BCUT2D eigenvalue weighted by Crippen LogP contribution is 2.33. The van der Waals surface area contributed by atoms with Crippen molar-refractivity contribution < 1.29 is 0 Å². The van der Waals surface area contributed by atoms with Crippen molar-refractivity contribution in [3.8, 4) is 0 Å². The van der Waals surface area contributed by atoms with Crippen LogP contribution in [0, 0.1) is 0 Å². The molecule has 0 amide bonds. The van der Waals surface area contributed by atoms with Crippen molar-refractivity contribution in [2.75, 3.05) is 11.9 Å². The monoisotopic (exact) mass is 276 g/mol. The van der Waals surface area contributed by atoms with E-state index in [0.29, 0.717) is 18.4 Å². The Labute approximate surface area is 115 Å². The van der Waals surface area contributed by atoms with Gasteiger partial charge in [-0.3, -0.25) is 4.79 Å². The van der Waals surface area contributed by atoms with Crippen LogP contribution in [0.15, 0.2) is 28.8 Å². The summed E-state index contributed by atoms with van der Waals surface area (Å²) in [7, 11) is 0. The van der Waals surface area contributed by atoms with E-state index in [9.17, 15) is 4.79 Å². The van der Waals surface area contributed by atoms with Gasteiger partial charge in [0.1, 0.15) is 0 Å². The molecule has 0 aromatic carbocycles. The van der Waals surface area contributed by atoms with Crippen LogP contribution in [0.3, 0.4) is 0 Å². The molecule has 2 aromatic heterocycles. The van der Waals surface area contributed by atoms with Crippen LogP contribution < -0.4 is 10.9 Å². The second-order valence-electron chi connectivity index (χ2n) is 4.87. The second-order valence-corrected chi connectivity index (χ2v) is 5.80. The summed E-state index contributed by atoms with van der Waals surface area (Å²) in [4.78, 5) is 20.6. The van der Waals surface area contributed by atoms with Crippen molar-refractivity contribution in [3.05, 3.63) is 39.3 Å². The van der Waals surface area contributed by atoms with Crippen molar-refractivity contribution in [3.63, 3.8) is 0 Å². The molecule has 1 fully saturated rings. The fourth-order valence-electron chi connectivity index (χ4n) is 2.00. The molecule has 0 bridgehead atoms. The molecule has 100 valence electrons. The number of hydrogen-bond donors (Lipinski definition) is 1. The van der Waals surface area contributed by atoms with Gasteiger partial charge in [0.2, 0.25) is 0 Å². The summed E-state index contributed by atoms with van der Waals surface area (Å²) in [5.41, 5.74) is -0.0173. The third kappa shape index (κ3) is 2.68. The Morgan fingerprint density at radius 1 is 1.47 bits per heavy atom. The van der Waals surface area contributed by atoms with E-state index in [4.69, 9.17) is 0 Å². The SMILES string of the molecule is CC(CNc1nccn(C2CC2)c1=O)c1nccs1. The van der Waals surface area contributed by atoms with E-state index >= 15 is 0 Å². The highest BCUT2D eigenvalue weighted by atomic mass is 32.1. The average molecular weight is 276 g/mol. The molecule has 0 radical (unpaired) electrons. The Morgan fingerprint density at radius 2 is 2.32 bits per heavy atom. The van der Waals surface area contributed by atoms with Gasteiger partial charge in [0, 0.05) is 42.5 Å². The van der Waals surface area contributed by atoms with Crippen LogP contribution in [0.2, 0.25) is 0 Å². The smallest absolute Gasteiger partial charge is 0.293 e. The van der Waals surface area contributed by atoms with Gasteiger partial charge in [-0.1, -0.05) is 6.92 Å². The maximum absolute atomic E-state index is 12.2. The molecule has 0 saturated heterocycles. The van der Waals surface area contributed by atoms with E-state index in [2.05, 4.69) is 22.2 Å². The van der Waals surface area contributed by atoms with Crippen LogP contribution in [0.4, 0.5) is 5.82 Å².